The van der Waals surface area contributed by atoms with Crippen LogP contribution < -0.4 is 5.11 Å². The first-order chi connectivity index (χ1) is 22.1. The van der Waals surface area contributed by atoms with Crippen molar-refractivity contribution in [2.75, 3.05) is 26.2 Å². The Labute approximate surface area is 279 Å². The van der Waals surface area contributed by atoms with Crippen molar-refractivity contribution < 1.29 is 32.7 Å². The van der Waals surface area contributed by atoms with Crippen LogP contribution in [-0.4, -0.2) is 56.1 Å². The number of carbonyl (C=O) groups excluding carboxylic acids is 1. The van der Waals surface area contributed by atoms with E-state index in [1.807, 2.05) is 0 Å². The fraction of sp³-hybridized carbons (Fsp3) is 0.632. The Balaban J connectivity index is 0.000000465. The molecule has 260 valence electrons. The highest BCUT2D eigenvalue weighted by atomic mass is 32.2. The van der Waals surface area contributed by atoms with E-state index in [2.05, 4.69) is 27.7 Å². The van der Waals surface area contributed by atoms with Gasteiger partial charge < -0.3 is 19.5 Å². The fourth-order valence-electron chi connectivity index (χ4n) is 6.03. The number of hydrogen-bond acceptors (Lipinski definition) is 5. The smallest absolute Gasteiger partial charge is 0.337 e. The number of rotatable bonds is 24. The van der Waals surface area contributed by atoms with E-state index in [1.54, 1.807) is 0 Å². The van der Waals surface area contributed by atoms with Crippen LogP contribution in [0.5, 0.6) is 0 Å². The number of unbranched alkanes of at least 4 members (excludes halogenated alkanes) is 12. The van der Waals surface area contributed by atoms with Crippen LogP contribution in [0.25, 0.3) is 0 Å². The number of carbonyl (C=O) groups is 2. The molecule has 0 fully saturated rings. The van der Waals surface area contributed by atoms with Crippen LogP contribution in [0, 0.1) is 0 Å². The number of carboxylic acids is 2. The topological polar surface area (TPSA) is 112 Å². The molecule has 0 aliphatic rings. The van der Waals surface area contributed by atoms with E-state index in [-0.39, 0.29) is 0 Å². The number of benzene rings is 2. The second kappa shape index (κ2) is 23.6. The van der Waals surface area contributed by atoms with Gasteiger partial charge in [0, 0.05) is 5.56 Å². The summed E-state index contributed by atoms with van der Waals surface area (Å²) in [7, 11) is -4.29. The van der Waals surface area contributed by atoms with Crippen LogP contribution in [-0.2, 0) is 9.84 Å². The maximum absolute atomic E-state index is 12.5. The Morgan fingerprint density at radius 2 is 0.891 bits per heavy atom. The third-order valence-electron chi connectivity index (χ3n) is 8.75. The summed E-state index contributed by atoms with van der Waals surface area (Å²) in [5.41, 5.74) is -0.941. The number of sulfone groups is 1. The monoisotopic (exact) mass is 659 g/mol. The lowest BCUT2D eigenvalue weighted by Gasteiger charge is -2.39. The lowest BCUT2D eigenvalue weighted by molar-refractivity contribution is -0.929. The van der Waals surface area contributed by atoms with Gasteiger partial charge in [0.05, 0.1) is 47.5 Å². The van der Waals surface area contributed by atoms with E-state index < -0.39 is 42.7 Å². The van der Waals surface area contributed by atoms with Crippen LogP contribution in [0.2, 0.25) is 0 Å². The SMILES string of the molecule is CCCCCC[N+](CCCCCC)(CCCCCC)CCCCCC.O=C([O-])c1ccccc1S(=O)(=O)c1ccccc1C(=O)O. The van der Waals surface area contributed by atoms with Crippen molar-refractivity contribution in [1.82, 2.24) is 0 Å². The number of nitrogens with zero attached hydrogens (tertiary/aromatic N) is 1. The molecule has 0 aliphatic carbocycles. The summed E-state index contributed by atoms with van der Waals surface area (Å²) in [6.45, 7) is 15.2. The Bertz CT molecular complexity index is 1130. The van der Waals surface area contributed by atoms with Crippen molar-refractivity contribution in [1.29, 1.82) is 0 Å². The first-order valence-electron chi connectivity index (χ1n) is 17.8. The van der Waals surface area contributed by atoms with Gasteiger partial charge in [-0.15, -0.1) is 0 Å². The molecule has 0 aliphatic heterocycles. The van der Waals surface area contributed by atoms with Gasteiger partial charge in [-0.25, -0.2) is 13.2 Å². The molecule has 0 aromatic heterocycles. The minimum atomic E-state index is -4.29. The molecular weight excluding hydrogens is 598 g/mol. The zero-order valence-electron chi connectivity index (χ0n) is 29.1. The predicted molar refractivity (Wildman–Crippen MR) is 186 cm³/mol. The minimum Gasteiger partial charge on any atom is -0.545 e. The van der Waals surface area contributed by atoms with E-state index in [0.29, 0.717) is 0 Å². The lowest BCUT2D eigenvalue weighted by atomic mass is 10.1. The van der Waals surface area contributed by atoms with Crippen LogP contribution in [0.15, 0.2) is 58.3 Å². The number of quaternary nitrogens is 1. The molecular formula is C38H61NO6S. The van der Waals surface area contributed by atoms with Crippen molar-refractivity contribution in [3.8, 4) is 0 Å². The second-order valence-corrected chi connectivity index (χ2v) is 14.5. The van der Waals surface area contributed by atoms with Crippen LogP contribution >= 0.6 is 0 Å². The molecule has 46 heavy (non-hydrogen) atoms. The van der Waals surface area contributed by atoms with Gasteiger partial charge in [0.15, 0.2) is 0 Å². The molecule has 8 heteroatoms. The quantitative estimate of drug-likeness (QED) is 0.0891. The molecule has 0 amide bonds. The number of aromatic carboxylic acids is 2. The highest BCUT2D eigenvalue weighted by molar-refractivity contribution is 7.91. The van der Waals surface area contributed by atoms with E-state index in [1.165, 1.54) is 158 Å². The zero-order chi connectivity index (χ0) is 34.3. The minimum absolute atomic E-state index is 0.425. The normalized spacial score (nSPS) is 11.6. The van der Waals surface area contributed by atoms with Gasteiger partial charge in [0.1, 0.15) is 0 Å². The molecule has 2 aromatic carbocycles. The Kier molecular flexibility index (Phi) is 21.2. The van der Waals surface area contributed by atoms with E-state index >= 15 is 0 Å². The summed E-state index contributed by atoms with van der Waals surface area (Å²) in [6, 6.07) is 9.89. The average molecular weight is 660 g/mol. The van der Waals surface area contributed by atoms with Crippen molar-refractivity contribution in [3.63, 3.8) is 0 Å². The third-order valence-corrected chi connectivity index (χ3v) is 10.6. The van der Waals surface area contributed by atoms with Crippen molar-refractivity contribution >= 4 is 21.8 Å². The predicted octanol–water partition coefficient (Wildman–Crippen LogP) is 8.71. The van der Waals surface area contributed by atoms with Gasteiger partial charge in [-0.1, -0.05) is 109 Å². The van der Waals surface area contributed by atoms with Gasteiger partial charge in [-0.05, 0) is 69.6 Å². The fourth-order valence-corrected chi connectivity index (χ4v) is 7.67. The molecule has 0 saturated carbocycles. The Morgan fingerprint density at radius 1 is 0.565 bits per heavy atom. The van der Waals surface area contributed by atoms with Crippen LogP contribution in [0.4, 0.5) is 0 Å². The van der Waals surface area contributed by atoms with Crippen LogP contribution in [0.3, 0.4) is 0 Å². The summed E-state index contributed by atoms with van der Waals surface area (Å²) in [4.78, 5) is 21.2. The summed E-state index contributed by atoms with van der Waals surface area (Å²) < 4.78 is 26.5. The van der Waals surface area contributed by atoms with E-state index in [0.717, 1.165) is 24.3 Å². The largest absolute Gasteiger partial charge is 0.545 e. The standard InChI is InChI=1S/C24H52N.C14H10O6S/c1-5-9-13-17-21-25(22-18-14-10-6-2,23-19-15-11-7-3)24-20-16-12-8-4;15-13(16)9-5-1-3-7-11(9)21(19,20)12-8-4-2-6-10(12)14(17)18/h5-24H2,1-4H3;1-8H,(H,15,16)(H,17,18)/q+1;/p-1. The van der Waals surface area contributed by atoms with Gasteiger partial charge >= 0.3 is 5.97 Å². The molecule has 0 bridgehead atoms. The maximum Gasteiger partial charge on any atom is 0.337 e. The highest BCUT2D eigenvalue weighted by Gasteiger charge is 2.27. The van der Waals surface area contributed by atoms with Crippen molar-refractivity contribution in [2.45, 2.75) is 140 Å². The van der Waals surface area contributed by atoms with Crippen molar-refractivity contribution in [2.24, 2.45) is 0 Å². The number of carboxylic acid groups (broad SMARTS) is 2. The first kappa shape index (κ1) is 41.3. The van der Waals surface area contributed by atoms with E-state index in [4.69, 9.17) is 5.11 Å². The Morgan fingerprint density at radius 3 is 1.22 bits per heavy atom. The molecule has 0 heterocycles. The highest BCUT2D eigenvalue weighted by Crippen LogP contribution is 2.26. The second-order valence-electron chi connectivity index (χ2n) is 12.6. The van der Waals surface area contributed by atoms with E-state index in [9.17, 15) is 23.1 Å². The average Bonchev–Trinajstić information content (AvgIpc) is 3.05. The summed E-state index contributed by atoms with van der Waals surface area (Å²) in [5.74, 6) is -3.07. The van der Waals surface area contributed by atoms with Gasteiger partial charge in [0.2, 0.25) is 9.84 Å². The Hall–Kier alpha value is -2.71. The van der Waals surface area contributed by atoms with Gasteiger partial charge in [-0.2, -0.15) is 0 Å². The summed E-state index contributed by atoms with van der Waals surface area (Å²) >= 11 is 0. The summed E-state index contributed by atoms with van der Waals surface area (Å²) in [5, 5.41) is 20.1. The molecule has 0 atom stereocenters. The molecule has 1 N–H and O–H groups in total. The van der Waals surface area contributed by atoms with Crippen molar-refractivity contribution in [3.05, 3.63) is 59.7 Å². The maximum atomic E-state index is 12.5. The molecule has 2 rings (SSSR count). The van der Waals surface area contributed by atoms with Gasteiger partial charge in [0.25, 0.3) is 0 Å². The summed E-state index contributed by atoms with van der Waals surface area (Å²) in [6.07, 6.45) is 22.8. The molecule has 0 saturated heterocycles. The molecule has 0 radical (unpaired) electrons. The molecule has 0 unspecified atom stereocenters. The number of hydrogen-bond donors (Lipinski definition) is 1. The first-order valence-corrected chi connectivity index (χ1v) is 19.3. The zero-order valence-corrected chi connectivity index (χ0v) is 29.9. The molecule has 7 nitrogen and oxygen atoms in total. The third kappa shape index (κ3) is 14.8. The molecule has 0 spiro atoms. The molecule has 2 aromatic rings. The lowest BCUT2D eigenvalue weighted by Crippen LogP contribution is -2.50. The van der Waals surface area contributed by atoms with Gasteiger partial charge in [-0.3, -0.25) is 0 Å². The van der Waals surface area contributed by atoms with Crippen LogP contribution in [0.1, 0.15) is 151 Å².